The van der Waals surface area contributed by atoms with E-state index in [1.807, 2.05) is 25.1 Å². The van der Waals surface area contributed by atoms with Gasteiger partial charge in [-0.05, 0) is 44.5 Å². The molecule has 0 radical (unpaired) electrons. The molecular formula is C17H23ClO2. The van der Waals surface area contributed by atoms with Gasteiger partial charge in [-0.25, -0.2) is 0 Å². The molecule has 2 nitrogen and oxygen atoms in total. The van der Waals surface area contributed by atoms with Crippen LogP contribution in [0.25, 0.3) is 0 Å². The van der Waals surface area contributed by atoms with Crippen molar-refractivity contribution in [1.82, 2.24) is 0 Å². The van der Waals surface area contributed by atoms with Gasteiger partial charge in [0.1, 0.15) is 5.75 Å². The second-order valence-corrected chi connectivity index (χ2v) is 5.66. The number of hydrogen-bond donors (Lipinski definition) is 0. The molecule has 110 valence electrons. The minimum Gasteiger partial charge on any atom is -0.493 e. The first kappa shape index (κ1) is 16.9. The molecule has 0 saturated heterocycles. The Kier molecular flexibility index (Phi) is 6.91. The van der Waals surface area contributed by atoms with E-state index < -0.39 is 0 Å². The summed E-state index contributed by atoms with van der Waals surface area (Å²) in [6.45, 7) is 6.78. The van der Waals surface area contributed by atoms with Gasteiger partial charge in [0.25, 0.3) is 0 Å². The smallest absolute Gasteiger partial charge is 0.119 e. The summed E-state index contributed by atoms with van der Waals surface area (Å²) in [5.74, 6) is 7.61. The van der Waals surface area contributed by atoms with Crippen LogP contribution in [-0.2, 0) is 4.74 Å². The summed E-state index contributed by atoms with van der Waals surface area (Å²) in [5, 5.41) is 0. The molecular weight excluding hydrogens is 272 g/mol. The fraction of sp³-hybridized carbons (Fsp3) is 0.529. The molecule has 0 aliphatic rings. The largest absolute Gasteiger partial charge is 0.493 e. The Morgan fingerprint density at radius 1 is 1.30 bits per heavy atom. The first-order valence-corrected chi connectivity index (χ1v) is 7.35. The highest BCUT2D eigenvalue weighted by Gasteiger charge is 2.15. The van der Waals surface area contributed by atoms with Crippen LogP contribution >= 0.6 is 11.6 Å². The molecule has 0 heterocycles. The van der Waals surface area contributed by atoms with E-state index in [9.17, 15) is 0 Å². The zero-order valence-corrected chi connectivity index (χ0v) is 13.5. The van der Waals surface area contributed by atoms with Gasteiger partial charge in [-0.15, -0.1) is 11.6 Å². The normalized spacial score (nSPS) is 10.8. The van der Waals surface area contributed by atoms with Gasteiger partial charge in [-0.2, -0.15) is 0 Å². The van der Waals surface area contributed by atoms with Crippen molar-refractivity contribution in [3.05, 3.63) is 29.3 Å². The van der Waals surface area contributed by atoms with E-state index in [1.54, 1.807) is 7.11 Å². The van der Waals surface area contributed by atoms with Crippen LogP contribution in [0, 0.1) is 18.8 Å². The fourth-order valence-electron chi connectivity index (χ4n) is 1.59. The van der Waals surface area contributed by atoms with E-state index in [4.69, 9.17) is 21.1 Å². The van der Waals surface area contributed by atoms with Crippen LogP contribution in [0.5, 0.6) is 5.75 Å². The second-order valence-electron chi connectivity index (χ2n) is 5.28. The fourth-order valence-corrected chi connectivity index (χ4v) is 1.68. The van der Waals surface area contributed by atoms with Gasteiger partial charge in [0.15, 0.2) is 0 Å². The van der Waals surface area contributed by atoms with Gasteiger partial charge in [0.2, 0.25) is 0 Å². The molecule has 3 heteroatoms. The molecule has 0 amide bonds. The Balaban J connectivity index is 2.58. The summed E-state index contributed by atoms with van der Waals surface area (Å²) in [6.07, 6.45) is 1.56. The van der Waals surface area contributed by atoms with Crippen molar-refractivity contribution in [2.45, 2.75) is 39.2 Å². The lowest BCUT2D eigenvalue weighted by Crippen LogP contribution is -2.25. The third-order valence-corrected chi connectivity index (χ3v) is 3.35. The molecule has 1 aromatic rings. The van der Waals surface area contributed by atoms with Crippen molar-refractivity contribution in [3.63, 3.8) is 0 Å². The summed E-state index contributed by atoms with van der Waals surface area (Å²) in [5.41, 5.74) is 2.00. The second kappa shape index (κ2) is 8.19. The van der Waals surface area contributed by atoms with Gasteiger partial charge >= 0.3 is 0 Å². The van der Waals surface area contributed by atoms with E-state index in [2.05, 4.69) is 25.7 Å². The number of ether oxygens (including phenoxy) is 2. The highest BCUT2D eigenvalue weighted by molar-refractivity contribution is 6.18. The molecule has 0 unspecified atom stereocenters. The Morgan fingerprint density at radius 3 is 2.65 bits per heavy atom. The first-order valence-electron chi connectivity index (χ1n) is 6.82. The topological polar surface area (TPSA) is 18.5 Å². The van der Waals surface area contributed by atoms with Crippen molar-refractivity contribution >= 4 is 11.6 Å². The van der Waals surface area contributed by atoms with Gasteiger partial charge in [-0.1, -0.05) is 11.8 Å². The zero-order chi connectivity index (χ0) is 15.0. The number of alkyl halides is 1. The van der Waals surface area contributed by atoms with Crippen molar-refractivity contribution in [2.24, 2.45) is 0 Å². The number of hydrogen-bond acceptors (Lipinski definition) is 2. The van der Waals surface area contributed by atoms with Crippen molar-refractivity contribution in [3.8, 4) is 17.6 Å². The average Bonchev–Trinajstić information content (AvgIpc) is 2.41. The van der Waals surface area contributed by atoms with Crippen molar-refractivity contribution in [2.75, 3.05) is 19.6 Å². The van der Waals surface area contributed by atoms with Crippen molar-refractivity contribution in [1.29, 1.82) is 0 Å². The Morgan fingerprint density at radius 2 is 2.05 bits per heavy atom. The van der Waals surface area contributed by atoms with Crippen molar-refractivity contribution < 1.29 is 9.47 Å². The standard InChI is InChI=1S/C17H23ClO2/c1-14-13-16(20-12-10-17(2,3)19-4)9-8-15(14)7-5-6-11-18/h8-9,13H,6,10-12H2,1-4H3. The molecule has 1 rings (SSSR count). The van der Waals surface area contributed by atoms with Crippen LogP contribution in [0.1, 0.15) is 37.8 Å². The maximum Gasteiger partial charge on any atom is 0.119 e. The number of halogens is 1. The maximum absolute atomic E-state index is 5.76. The average molecular weight is 295 g/mol. The van der Waals surface area contributed by atoms with Gasteiger partial charge < -0.3 is 9.47 Å². The SMILES string of the molecule is COC(C)(C)CCOc1ccc(C#CCCCl)c(C)c1. The van der Waals surface area contributed by atoms with Crippen LogP contribution in [0.4, 0.5) is 0 Å². The molecule has 0 bridgehead atoms. The molecule has 20 heavy (non-hydrogen) atoms. The zero-order valence-electron chi connectivity index (χ0n) is 12.8. The van der Waals surface area contributed by atoms with Crippen LogP contribution in [0.15, 0.2) is 18.2 Å². The summed E-state index contributed by atoms with van der Waals surface area (Å²) in [4.78, 5) is 0. The van der Waals surface area contributed by atoms with E-state index in [1.165, 1.54) is 0 Å². The third kappa shape index (κ3) is 5.86. The predicted molar refractivity (Wildman–Crippen MR) is 84.6 cm³/mol. The number of rotatable bonds is 6. The van der Waals surface area contributed by atoms with E-state index in [0.29, 0.717) is 18.9 Å². The monoisotopic (exact) mass is 294 g/mol. The molecule has 0 aliphatic heterocycles. The lowest BCUT2D eigenvalue weighted by molar-refractivity contribution is 0.00545. The molecule has 0 N–H and O–H groups in total. The van der Waals surface area contributed by atoms with Crippen LogP contribution < -0.4 is 4.74 Å². The summed E-state index contributed by atoms with van der Waals surface area (Å²) in [6, 6.07) is 5.97. The maximum atomic E-state index is 5.76. The number of benzene rings is 1. The predicted octanol–water partition coefficient (Wildman–Crippen LogP) is 4.17. The van der Waals surface area contributed by atoms with E-state index >= 15 is 0 Å². The number of methoxy groups -OCH3 is 1. The molecule has 0 atom stereocenters. The minimum atomic E-state index is -0.151. The van der Waals surface area contributed by atoms with Crippen LogP contribution in [0.2, 0.25) is 0 Å². The Hall–Kier alpha value is -1.17. The van der Waals surface area contributed by atoms with Gasteiger partial charge in [0.05, 0.1) is 12.2 Å². The van der Waals surface area contributed by atoms with Gasteiger partial charge in [-0.3, -0.25) is 0 Å². The highest BCUT2D eigenvalue weighted by Crippen LogP contribution is 2.19. The summed E-state index contributed by atoms with van der Waals surface area (Å²) >= 11 is 5.61. The van der Waals surface area contributed by atoms with Crippen LogP contribution in [0.3, 0.4) is 0 Å². The molecule has 0 spiro atoms. The molecule has 0 aromatic heterocycles. The lowest BCUT2D eigenvalue weighted by Gasteiger charge is -2.22. The summed E-state index contributed by atoms with van der Waals surface area (Å²) < 4.78 is 11.1. The molecule has 0 fully saturated rings. The van der Waals surface area contributed by atoms with E-state index in [0.717, 1.165) is 23.3 Å². The van der Waals surface area contributed by atoms with E-state index in [-0.39, 0.29) is 5.60 Å². The van der Waals surface area contributed by atoms with Gasteiger partial charge in [0, 0.05) is 31.4 Å². The highest BCUT2D eigenvalue weighted by atomic mass is 35.5. The Labute approximate surface area is 127 Å². The first-order chi connectivity index (χ1) is 9.48. The molecule has 1 aromatic carbocycles. The molecule has 0 aliphatic carbocycles. The Bertz CT molecular complexity index is 483. The quantitative estimate of drug-likeness (QED) is 0.579. The summed E-state index contributed by atoms with van der Waals surface area (Å²) in [7, 11) is 1.72. The number of aryl methyl sites for hydroxylation is 1. The minimum absolute atomic E-state index is 0.151. The third-order valence-electron chi connectivity index (χ3n) is 3.17. The lowest BCUT2D eigenvalue weighted by atomic mass is 10.1. The van der Waals surface area contributed by atoms with Crippen LogP contribution in [-0.4, -0.2) is 25.2 Å². The molecule has 0 saturated carbocycles.